The van der Waals surface area contributed by atoms with Gasteiger partial charge in [-0.1, -0.05) is 12.4 Å². The van der Waals surface area contributed by atoms with Crippen molar-refractivity contribution in [2.24, 2.45) is 0 Å². The maximum Gasteiger partial charge on any atom is 0.406 e. The summed E-state index contributed by atoms with van der Waals surface area (Å²) in [6, 6.07) is 1.75. The summed E-state index contributed by atoms with van der Waals surface area (Å²) in [7, 11) is 0. The third-order valence-corrected chi connectivity index (χ3v) is 1.36. The van der Waals surface area contributed by atoms with Gasteiger partial charge in [-0.15, -0.1) is 6.07 Å². The Morgan fingerprint density at radius 1 is 1.47 bits per heavy atom. The van der Waals surface area contributed by atoms with Crippen LogP contribution in [0.4, 0.5) is 4.79 Å². The Morgan fingerprint density at radius 2 is 1.94 bits per heavy atom. The van der Waals surface area contributed by atoms with Crippen molar-refractivity contribution < 1.29 is 47.0 Å². The van der Waals surface area contributed by atoms with Crippen LogP contribution in [-0.4, -0.2) is 22.5 Å². The van der Waals surface area contributed by atoms with E-state index in [4.69, 9.17) is 9.53 Å². The minimum absolute atomic E-state index is 0. The summed E-state index contributed by atoms with van der Waals surface area (Å²) in [5.41, 5.74) is 0.341. The second kappa shape index (κ2) is 8.37. The van der Waals surface area contributed by atoms with Gasteiger partial charge in [0.2, 0.25) is 0 Å². The molecule has 1 heterocycles. The van der Waals surface area contributed by atoms with Gasteiger partial charge in [-0.2, -0.15) is 12.5 Å². The molecule has 0 saturated heterocycles. The third kappa shape index (κ3) is 9.01. The van der Waals surface area contributed by atoms with Crippen LogP contribution in [0.5, 0.6) is 0 Å². The molecule has 1 rings (SSSR count). The van der Waals surface area contributed by atoms with Gasteiger partial charge in [0.05, 0.1) is 0 Å². The Morgan fingerprint density at radius 3 is 2.24 bits per heavy atom. The molecule has 0 aliphatic carbocycles. The van der Waals surface area contributed by atoms with Crippen molar-refractivity contribution in [3.63, 3.8) is 0 Å². The van der Waals surface area contributed by atoms with Gasteiger partial charge < -0.3 is 21.0 Å². The van der Waals surface area contributed by atoms with E-state index in [1.54, 1.807) is 18.5 Å². The molecule has 0 saturated carbocycles. The Hall–Kier alpha value is -0.736. The molecule has 0 unspecified atom stereocenters. The molecule has 1 radical (unpaired) electrons. The summed E-state index contributed by atoms with van der Waals surface area (Å²) in [6.45, 7) is 12.0. The zero-order valence-electron chi connectivity index (χ0n) is 10.5. The number of hydrogen-bond acceptors (Lipinski definition) is 3. The van der Waals surface area contributed by atoms with Crippen molar-refractivity contribution in [3.8, 4) is 0 Å². The number of nitrogens with zero attached hydrogens (tertiary/aromatic N) is 1. The molecule has 0 aliphatic heterocycles. The van der Waals surface area contributed by atoms with Gasteiger partial charge >= 0.3 is 6.09 Å². The van der Waals surface area contributed by atoms with Crippen molar-refractivity contribution in [2.75, 3.05) is 0 Å². The molecule has 1 aromatic rings. The summed E-state index contributed by atoms with van der Waals surface area (Å²) < 4.78 is 6.52. The van der Waals surface area contributed by atoms with Crippen LogP contribution in [0.15, 0.2) is 18.5 Å². The number of aromatic nitrogens is 1. The van der Waals surface area contributed by atoms with E-state index in [0.717, 1.165) is 5.56 Å². The second-order valence-corrected chi connectivity index (χ2v) is 4.07. The molecule has 4 nitrogen and oxygen atoms in total. The number of hydrogen-bond donors (Lipinski definition) is 0. The molecule has 17 heavy (non-hydrogen) atoms. The van der Waals surface area contributed by atoms with Crippen LogP contribution in [0.25, 0.3) is 0 Å². The van der Waals surface area contributed by atoms with Crippen LogP contribution in [0, 0.1) is 13.8 Å². The van der Waals surface area contributed by atoms with E-state index in [0.29, 0.717) is 6.29 Å². The summed E-state index contributed by atoms with van der Waals surface area (Å²) in [6.07, 6.45) is 3.40. The first-order valence-electron chi connectivity index (χ1n) is 4.76. The average Bonchev–Trinajstić information content (AvgIpc) is 2.50. The zero-order chi connectivity index (χ0) is 12.8. The summed E-state index contributed by atoms with van der Waals surface area (Å²) >= 11 is 0. The predicted octanol–water partition coefficient (Wildman–Crippen LogP) is 2.47. The minimum Gasteiger partial charge on any atom is -0.444 e. The third-order valence-electron chi connectivity index (χ3n) is 1.36. The maximum absolute atomic E-state index is 11.4. The summed E-state index contributed by atoms with van der Waals surface area (Å²) in [4.78, 5) is 20.1. The van der Waals surface area contributed by atoms with Gasteiger partial charge in [0.25, 0.3) is 0 Å². The largest absolute Gasteiger partial charge is 0.444 e. The molecule has 1 aromatic heterocycles. The van der Waals surface area contributed by atoms with E-state index in [9.17, 15) is 4.79 Å². The Bertz CT molecular complexity index is 353. The van der Waals surface area contributed by atoms with Crippen molar-refractivity contribution in [1.82, 2.24) is 4.57 Å². The monoisotopic (exact) mass is 312 g/mol. The van der Waals surface area contributed by atoms with Gasteiger partial charge in [0.1, 0.15) is 5.60 Å². The van der Waals surface area contributed by atoms with Crippen molar-refractivity contribution in [1.29, 1.82) is 0 Å². The van der Waals surface area contributed by atoms with Gasteiger partial charge in [-0.05, 0) is 27.1 Å². The number of carbonyl (C=O) groups excluding carboxylic acids is 2. The molecular weight excluding hydrogens is 295 g/mol. The van der Waals surface area contributed by atoms with Crippen LogP contribution in [0.3, 0.4) is 0 Å². The average molecular weight is 312 g/mol. The molecule has 0 aromatic carbocycles. The smallest absolute Gasteiger partial charge is 0.406 e. The number of rotatable bonds is 0. The zero-order valence-corrected chi connectivity index (χ0v) is 13.3. The molecule has 5 heteroatoms. The number of ether oxygens (including phenoxy) is 1. The van der Waals surface area contributed by atoms with Gasteiger partial charge in [-0.3, -0.25) is 0 Å². The van der Waals surface area contributed by atoms with E-state index < -0.39 is 5.60 Å². The van der Waals surface area contributed by atoms with Crippen LogP contribution < -0.4 is 0 Å². The fourth-order valence-electron chi connectivity index (χ4n) is 0.869. The van der Waals surface area contributed by atoms with Crippen LogP contribution in [-0.2, 0) is 42.2 Å². The molecular formula is C12H17NO3Y-2. The van der Waals surface area contributed by atoms with Crippen molar-refractivity contribution in [2.45, 2.75) is 26.4 Å². The molecule has 0 spiro atoms. The standard InChI is InChI=1S/C10H14NO2.C2H3O.Y/c1-8-5-6-11(7-8)9(12)13-10(2,3)4;1-2-3;/h5-7H,1H2,2-4H3;2H,1H2;/q2*-1;. The normalized spacial score (nSPS) is 9.35. The minimum atomic E-state index is -0.456. The van der Waals surface area contributed by atoms with Crippen LogP contribution in [0.1, 0.15) is 26.3 Å². The van der Waals surface area contributed by atoms with Crippen molar-refractivity contribution in [3.05, 3.63) is 37.9 Å². The number of carbonyl (C=O) groups is 2. The van der Waals surface area contributed by atoms with Crippen molar-refractivity contribution >= 4 is 12.4 Å². The molecule has 0 amide bonds. The Labute approximate surface area is 128 Å². The van der Waals surface area contributed by atoms with E-state index in [-0.39, 0.29) is 38.8 Å². The SMILES string of the molecule is [CH2-]C=O.[CH2-]c1ccn(C(=O)OC(C)(C)C)c1.[Y]. The van der Waals surface area contributed by atoms with Gasteiger partial charge in [-0.25, -0.2) is 4.79 Å². The van der Waals surface area contributed by atoms with Gasteiger partial charge in [0.15, 0.2) is 0 Å². The Balaban J connectivity index is 0. The molecule has 0 fully saturated rings. The molecule has 0 N–H and O–H groups in total. The van der Waals surface area contributed by atoms with E-state index in [1.165, 1.54) is 4.57 Å². The topological polar surface area (TPSA) is 48.3 Å². The first-order valence-corrected chi connectivity index (χ1v) is 4.76. The van der Waals surface area contributed by atoms with E-state index >= 15 is 0 Å². The van der Waals surface area contributed by atoms with Crippen LogP contribution in [0.2, 0.25) is 0 Å². The summed E-state index contributed by atoms with van der Waals surface area (Å²) in [5, 5.41) is 0. The molecule has 0 atom stereocenters. The predicted molar refractivity (Wildman–Crippen MR) is 61.9 cm³/mol. The first-order chi connectivity index (χ1) is 7.30. The number of aldehydes is 1. The van der Waals surface area contributed by atoms with E-state index in [1.807, 2.05) is 20.8 Å². The molecule has 0 bridgehead atoms. The fraction of sp³-hybridized carbons (Fsp3) is 0.333. The van der Waals surface area contributed by atoms with E-state index in [2.05, 4.69) is 13.8 Å². The first kappa shape index (κ1) is 18.6. The van der Waals surface area contributed by atoms with Crippen LogP contribution >= 0.6 is 0 Å². The summed E-state index contributed by atoms with van der Waals surface area (Å²) in [5.74, 6) is 0. The van der Waals surface area contributed by atoms with Gasteiger partial charge in [0, 0.05) is 32.7 Å². The molecule has 93 valence electrons. The fourth-order valence-corrected chi connectivity index (χ4v) is 0.869. The quantitative estimate of drug-likeness (QED) is 0.546. The second-order valence-electron chi connectivity index (χ2n) is 4.07. The Kier molecular flexibility index (Phi) is 9.17. The molecule has 0 aliphatic rings. The maximum atomic E-state index is 11.4.